The highest BCUT2D eigenvalue weighted by molar-refractivity contribution is 6.66. The predicted octanol–water partition coefficient (Wildman–Crippen LogP) is 1.99. The fraction of sp³-hybridized carbons (Fsp3) is 0.357. The Morgan fingerprint density at radius 1 is 1.20 bits per heavy atom. The molecule has 0 spiro atoms. The maximum atomic E-state index is 11.6. The highest BCUT2D eigenvalue weighted by atomic mass is 16.5. The number of Topliss-reactive ketones (excluding diaryl/α,β-unsaturated/α-hetero) is 1. The van der Waals surface area contributed by atoms with Crippen molar-refractivity contribution >= 4 is 22.9 Å². The van der Waals surface area contributed by atoms with E-state index < -0.39 is 0 Å². The standard InChI is InChI=1S/C14H20N4O2/c1-10(17-18(3)4)14(11(2)19)16-15-12-6-8-13(20-5)9-7-12/h6-9,15H,1-5H3/b16-14+,17-10-. The largest absolute Gasteiger partial charge is 0.497 e. The van der Waals surface area contributed by atoms with Gasteiger partial charge in [0, 0.05) is 21.0 Å². The average molecular weight is 276 g/mol. The van der Waals surface area contributed by atoms with Crippen LogP contribution in [0.25, 0.3) is 0 Å². The van der Waals surface area contributed by atoms with Crippen molar-refractivity contribution in [1.29, 1.82) is 0 Å². The van der Waals surface area contributed by atoms with Gasteiger partial charge in [-0.05, 0) is 31.2 Å². The van der Waals surface area contributed by atoms with Crippen molar-refractivity contribution in [3.8, 4) is 5.75 Å². The Kier molecular flexibility index (Phi) is 5.71. The van der Waals surface area contributed by atoms with E-state index in [1.165, 1.54) is 6.92 Å². The summed E-state index contributed by atoms with van der Waals surface area (Å²) in [5.41, 5.74) is 4.47. The molecule has 0 heterocycles. The molecule has 0 fully saturated rings. The number of carbonyl (C=O) groups is 1. The van der Waals surface area contributed by atoms with Crippen LogP contribution in [0, 0.1) is 0 Å². The van der Waals surface area contributed by atoms with Gasteiger partial charge in [0.25, 0.3) is 0 Å². The molecule has 0 atom stereocenters. The lowest BCUT2D eigenvalue weighted by Crippen LogP contribution is -2.23. The van der Waals surface area contributed by atoms with Crippen LogP contribution in [0.1, 0.15) is 13.8 Å². The third kappa shape index (κ3) is 4.72. The molecular weight excluding hydrogens is 256 g/mol. The number of rotatable bonds is 6. The summed E-state index contributed by atoms with van der Waals surface area (Å²) in [5, 5.41) is 9.92. The summed E-state index contributed by atoms with van der Waals surface area (Å²) < 4.78 is 5.07. The highest BCUT2D eigenvalue weighted by Gasteiger charge is 2.10. The SMILES string of the molecule is COc1ccc(N/N=C(C(C)=O)\C(C)=N/N(C)C)cc1. The molecule has 0 saturated heterocycles. The van der Waals surface area contributed by atoms with Crippen molar-refractivity contribution in [3.05, 3.63) is 24.3 Å². The molecule has 1 aromatic carbocycles. The molecule has 0 aliphatic heterocycles. The zero-order valence-electron chi connectivity index (χ0n) is 12.5. The zero-order valence-corrected chi connectivity index (χ0v) is 12.5. The van der Waals surface area contributed by atoms with Gasteiger partial charge in [-0.2, -0.15) is 10.2 Å². The van der Waals surface area contributed by atoms with Gasteiger partial charge in [-0.3, -0.25) is 10.2 Å². The summed E-state index contributed by atoms with van der Waals surface area (Å²) in [5.74, 6) is 0.616. The molecule has 1 rings (SSSR count). The molecule has 0 bridgehead atoms. The van der Waals surface area contributed by atoms with E-state index in [-0.39, 0.29) is 5.78 Å². The van der Waals surface area contributed by atoms with Gasteiger partial charge >= 0.3 is 0 Å². The van der Waals surface area contributed by atoms with Crippen LogP contribution in [0.5, 0.6) is 5.75 Å². The third-order valence-corrected chi connectivity index (χ3v) is 2.41. The first-order valence-electron chi connectivity index (χ1n) is 6.15. The van der Waals surface area contributed by atoms with E-state index in [1.54, 1.807) is 33.1 Å². The van der Waals surface area contributed by atoms with Crippen molar-refractivity contribution in [1.82, 2.24) is 5.01 Å². The Bertz CT molecular complexity index is 518. The van der Waals surface area contributed by atoms with Crippen molar-refractivity contribution in [3.63, 3.8) is 0 Å². The topological polar surface area (TPSA) is 66.3 Å². The molecular formula is C14H20N4O2. The summed E-state index contributed by atoms with van der Waals surface area (Å²) in [6, 6.07) is 7.26. The lowest BCUT2D eigenvalue weighted by atomic mass is 10.2. The van der Waals surface area contributed by atoms with Crippen molar-refractivity contribution in [2.45, 2.75) is 13.8 Å². The summed E-state index contributed by atoms with van der Waals surface area (Å²) in [4.78, 5) is 11.6. The number of nitrogens with zero attached hydrogens (tertiary/aromatic N) is 3. The smallest absolute Gasteiger partial charge is 0.181 e. The average Bonchev–Trinajstić information content (AvgIpc) is 2.38. The first-order valence-corrected chi connectivity index (χ1v) is 6.15. The van der Waals surface area contributed by atoms with E-state index in [0.717, 1.165) is 11.4 Å². The molecule has 0 unspecified atom stereocenters. The normalized spacial score (nSPS) is 12.1. The van der Waals surface area contributed by atoms with E-state index in [1.807, 2.05) is 24.3 Å². The molecule has 0 aromatic heterocycles. The molecule has 1 aromatic rings. The number of nitrogens with one attached hydrogen (secondary N) is 1. The number of methoxy groups -OCH3 is 1. The number of hydrogen-bond donors (Lipinski definition) is 1. The Balaban J connectivity index is 2.89. The Labute approximate surface area is 119 Å². The van der Waals surface area contributed by atoms with Crippen LogP contribution >= 0.6 is 0 Å². The molecule has 0 aliphatic carbocycles. The zero-order chi connectivity index (χ0) is 15.1. The Morgan fingerprint density at radius 2 is 1.80 bits per heavy atom. The summed E-state index contributed by atoms with van der Waals surface area (Å²) in [6.45, 7) is 3.21. The van der Waals surface area contributed by atoms with Crippen molar-refractivity contribution < 1.29 is 9.53 Å². The lowest BCUT2D eigenvalue weighted by molar-refractivity contribution is -0.110. The summed E-state index contributed by atoms with van der Waals surface area (Å²) in [6.07, 6.45) is 0. The van der Waals surface area contributed by atoms with E-state index in [2.05, 4.69) is 15.6 Å². The lowest BCUT2D eigenvalue weighted by Gasteiger charge is -2.08. The number of benzene rings is 1. The molecule has 20 heavy (non-hydrogen) atoms. The minimum atomic E-state index is -0.144. The van der Waals surface area contributed by atoms with Gasteiger partial charge in [-0.25, -0.2) is 0 Å². The van der Waals surface area contributed by atoms with Crippen LogP contribution < -0.4 is 10.2 Å². The summed E-state index contributed by atoms with van der Waals surface area (Å²) >= 11 is 0. The van der Waals surface area contributed by atoms with Crippen LogP contribution in [0.2, 0.25) is 0 Å². The molecule has 108 valence electrons. The predicted molar refractivity (Wildman–Crippen MR) is 81.5 cm³/mol. The van der Waals surface area contributed by atoms with Gasteiger partial charge in [0.05, 0.1) is 18.5 Å². The monoisotopic (exact) mass is 276 g/mol. The third-order valence-electron chi connectivity index (χ3n) is 2.41. The van der Waals surface area contributed by atoms with Crippen LogP contribution in [0.3, 0.4) is 0 Å². The minimum Gasteiger partial charge on any atom is -0.497 e. The molecule has 0 saturated carbocycles. The van der Waals surface area contributed by atoms with Crippen LogP contribution in [0.15, 0.2) is 34.5 Å². The fourth-order valence-electron chi connectivity index (χ4n) is 1.55. The number of hydrazone groups is 2. The quantitative estimate of drug-likeness (QED) is 0.637. The van der Waals surface area contributed by atoms with E-state index in [4.69, 9.17) is 4.74 Å². The van der Waals surface area contributed by atoms with Gasteiger partial charge in [-0.1, -0.05) is 0 Å². The molecule has 6 nitrogen and oxygen atoms in total. The van der Waals surface area contributed by atoms with Crippen LogP contribution in [-0.2, 0) is 4.79 Å². The second kappa shape index (κ2) is 7.28. The number of ether oxygens (including phenoxy) is 1. The number of ketones is 1. The van der Waals surface area contributed by atoms with Crippen LogP contribution in [0.4, 0.5) is 5.69 Å². The van der Waals surface area contributed by atoms with Crippen LogP contribution in [-0.4, -0.2) is 43.4 Å². The van der Waals surface area contributed by atoms with Crippen molar-refractivity contribution in [2.75, 3.05) is 26.6 Å². The first kappa shape index (κ1) is 15.7. The maximum Gasteiger partial charge on any atom is 0.181 e. The van der Waals surface area contributed by atoms with Crippen molar-refractivity contribution in [2.24, 2.45) is 10.2 Å². The number of anilines is 1. The second-order valence-corrected chi connectivity index (χ2v) is 4.39. The molecule has 0 aliphatic rings. The van der Waals surface area contributed by atoms with E-state index in [0.29, 0.717) is 11.4 Å². The molecule has 0 radical (unpaired) electrons. The number of carbonyl (C=O) groups excluding carboxylic acids is 1. The van der Waals surface area contributed by atoms with Gasteiger partial charge < -0.3 is 9.75 Å². The van der Waals surface area contributed by atoms with Gasteiger partial charge in [0.15, 0.2) is 5.78 Å². The van der Waals surface area contributed by atoms with Gasteiger partial charge in [0.2, 0.25) is 0 Å². The first-order chi connectivity index (χ1) is 9.43. The maximum absolute atomic E-state index is 11.6. The Morgan fingerprint density at radius 3 is 2.25 bits per heavy atom. The Hall–Kier alpha value is -2.37. The fourth-order valence-corrected chi connectivity index (χ4v) is 1.55. The van der Waals surface area contributed by atoms with Gasteiger partial charge in [0.1, 0.15) is 11.5 Å². The van der Waals surface area contributed by atoms with E-state index in [9.17, 15) is 4.79 Å². The molecule has 6 heteroatoms. The second-order valence-electron chi connectivity index (χ2n) is 4.39. The molecule has 1 N–H and O–H groups in total. The minimum absolute atomic E-state index is 0.144. The van der Waals surface area contributed by atoms with Gasteiger partial charge in [-0.15, -0.1) is 0 Å². The molecule has 0 amide bonds. The summed E-state index contributed by atoms with van der Waals surface area (Å²) in [7, 11) is 5.19. The number of hydrogen-bond acceptors (Lipinski definition) is 6. The van der Waals surface area contributed by atoms with E-state index >= 15 is 0 Å². The highest BCUT2D eigenvalue weighted by Crippen LogP contribution is 2.14.